The second kappa shape index (κ2) is 7.40. The number of nitrogens with zero attached hydrogens (tertiary/aromatic N) is 1. The molecule has 0 bridgehead atoms. The Morgan fingerprint density at radius 1 is 1.27 bits per heavy atom. The van der Waals surface area contributed by atoms with E-state index in [4.69, 9.17) is 4.74 Å². The number of rotatable bonds is 7. The summed E-state index contributed by atoms with van der Waals surface area (Å²) in [5, 5.41) is 4.01. The van der Waals surface area contributed by atoms with E-state index in [1.165, 1.54) is 19.3 Å². The highest BCUT2D eigenvalue weighted by Gasteiger charge is 2.18. The first kappa shape index (κ1) is 18.3. The Hall–Kier alpha value is -2.49. The Morgan fingerprint density at radius 2 is 2.08 bits per heavy atom. The molecule has 0 aliphatic heterocycles. The third-order valence-electron chi connectivity index (χ3n) is 4.06. The van der Waals surface area contributed by atoms with Gasteiger partial charge >= 0.3 is 0 Å². The molecule has 9 heteroatoms. The van der Waals surface area contributed by atoms with E-state index in [1.54, 1.807) is 25.3 Å². The lowest BCUT2D eigenvalue weighted by Crippen LogP contribution is -2.25. The van der Waals surface area contributed by atoms with E-state index in [-0.39, 0.29) is 16.5 Å². The molecule has 1 amide bonds. The second-order valence-electron chi connectivity index (χ2n) is 5.74. The maximum Gasteiger partial charge on any atom is 0.271 e. The van der Waals surface area contributed by atoms with Crippen LogP contribution in [-0.4, -0.2) is 51.6 Å². The average molecular weight is 376 g/mol. The van der Waals surface area contributed by atoms with E-state index in [0.29, 0.717) is 30.5 Å². The molecule has 0 unspecified atom stereocenters. The van der Waals surface area contributed by atoms with Gasteiger partial charge in [0.15, 0.2) is 5.69 Å². The van der Waals surface area contributed by atoms with E-state index in [1.807, 2.05) is 0 Å². The van der Waals surface area contributed by atoms with Gasteiger partial charge in [-0.2, -0.15) is 0 Å². The Labute approximate surface area is 151 Å². The summed E-state index contributed by atoms with van der Waals surface area (Å²) in [5.74, 6) is -0.310. The van der Waals surface area contributed by atoms with Crippen LogP contribution in [0.2, 0.25) is 0 Å². The summed E-state index contributed by atoms with van der Waals surface area (Å²) in [6.45, 7) is 0.784. The minimum absolute atomic E-state index is 0.168. The summed E-state index contributed by atoms with van der Waals surface area (Å²) in [5.41, 5.74) is 1.57. The van der Waals surface area contributed by atoms with Gasteiger partial charge in [-0.25, -0.2) is 18.1 Å². The van der Waals surface area contributed by atoms with Gasteiger partial charge in [0.25, 0.3) is 5.91 Å². The number of aromatic amines is 1. The molecule has 0 radical (unpaired) electrons. The van der Waals surface area contributed by atoms with Crippen molar-refractivity contribution in [3.8, 4) is 0 Å². The lowest BCUT2D eigenvalue weighted by atomic mass is 10.1. The fourth-order valence-corrected chi connectivity index (χ4v) is 3.87. The third kappa shape index (κ3) is 3.41. The minimum atomic E-state index is -3.62. The molecule has 0 fully saturated rings. The molecule has 0 spiro atoms. The van der Waals surface area contributed by atoms with Crippen molar-refractivity contribution in [2.75, 3.05) is 27.3 Å². The van der Waals surface area contributed by atoms with Gasteiger partial charge in [0, 0.05) is 49.8 Å². The lowest BCUT2D eigenvalue weighted by Gasteiger charge is -2.06. The predicted octanol–water partition coefficient (Wildman–Crippen LogP) is 1.39. The number of fused-ring (bicyclic) bond motifs is 3. The number of H-pyrrole nitrogens is 1. The first-order valence-corrected chi connectivity index (χ1v) is 9.57. The van der Waals surface area contributed by atoms with Crippen LogP contribution in [0.25, 0.3) is 21.8 Å². The molecule has 0 aliphatic carbocycles. The van der Waals surface area contributed by atoms with Gasteiger partial charge in [-0.15, -0.1) is 0 Å². The van der Waals surface area contributed by atoms with Gasteiger partial charge in [-0.05, 0) is 30.7 Å². The molecule has 0 saturated carbocycles. The zero-order valence-electron chi connectivity index (χ0n) is 14.5. The molecule has 0 atom stereocenters. The quantitative estimate of drug-likeness (QED) is 0.539. The SMILES string of the molecule is CNC(=O)c1nccc2c1[nH]c1ccc(S(=O)(=O)NCCCOC)cc12. The number of carbonyl (C=O) groups is 1. The van der Waals surface area contributed by atoms with Crippen molar-refractivity contribution in [1.82, 2.24) is 20.0 Å². The molecular weight excluding hydrogens is 356 g/mol. The van der Waals surface area contributed by atoms with Crippen LogP contribution >= 0.6 is 0 Å². The smallest absolute Gasteiger partial charge is 0.271 e. The number of hydrogen-bond donors (Lipinski definition) is 3. The second-order valence-corrected chi connectivity index (χ2v) is 7.50. The Bertz CT molecular complexity index is 1060. The molecule has 3 aromatic rings. The van der Waals surface area contributed by atoms with Crippen LogP contribution in [0, 0.1) is 0 Å². The lowest BCUT2D eigenvalue weighted by molar-refractivity contribution is 0.0960. The van der Waals surface area contributed by atoms with Gasteiger partial charge in [-0.1, -0.05) is 0 Å². The highest BCUT2D eigenvalue weighted by molar-refractivity contribution is 7.89. The molecule has 3 rings (SSSR count). The van der Waals surface area contributed by atoms with E-state index >= 15 is 0 Å². The van der Waals surface area contributed by atoms with Crippen LogP contribution in [0.15, 0.2) is 35.4 Å². The molecule has 2 aromatic heterocycles. The van der Waals surface area contributed by atoms with Crippen LogP contribution in [0.1, 0.15) is 16.9 Å². The number of methoxy groups -OCH3 is 1. The van der Waals surface area contributed by atoms with Crippen molar-refractivity contribution >= 4 is 37.7 Å². The highest BCUT2D eigenvalue weighted by atomic mass is 32.2. The van der Waals surface area contributed by atoms with Crippen molar-refractivity contribution in [2.24, 2.45) is 0 Å². The maximum absolute atomic E-state index is 12.5. The first-order valence-electron chi connectivity index (χ1n) is 8.09. The Morgan fingerprint density at radius 3 is 2.81 bits per heavy atom. The van der Waals surface area contributed by atoms with Gasteiger partial charge in [0.05, 0.1) is 10.4 Å². The molecule has 8 nitrogen and oxygen atoms in total. The number of amides is 1. The van der Waals surface area contributed by atoms with Gasteiger partial charge in [-0.3, -0.25) is 4.79 Å². The summed E-state index contributed by atoms with van der Waals surface area (Å²) in [6, 6.07) is 6.57. The third-order valence-corrected chi connectivity index (χ3v) is 5.52. The van der Waals surface area contributed by atoms with Gasteiger partial charge < -0.3 is 15.0 Å². The van der Waals surface area contributed by atoms with Crippen LogP contribution < -0.4 is 10.0 Å². The Kier molecular flexibility index (Phi) is 5.21. The number of ether oxygens (including phenoxy) is 1. The van der Waals surface area contributed by atoms with Crippen LogP contribution in [0.3, 0.4) is 0 Å². The Balaban J connectivity index is 2.03. The largest absolute Gasteiger partial charge is 0.385 e. The molecule has 0 saturated heterocycles. The summed E-state index contributed by atoms with van der Waals surface area (Å²) in [7, 11) is -0.520. The van der Waals surface area contributed by atoms with Crippen LogP contribution in [0.4, 0.5) is 0 Å². The maximum atomic E-state index is 12.5. The van der Waals surface area contributed by atoms with Gasteiger partial charge in [0.1, 0.15) is 0 Å². The topological polar surface area (TPSA) is 113 Å². The van der Waals surface area contributed by atoms with Crippen molar-refractivity contribution in [2.45, 2.75) is 11.3 Å². The number of hydrogen-bond acceptors (Lipinski definition) is 5. The number of carbonyl (C=O) groups excluding carboxylic acids is 1. The normalized spacial score (nSPS) is 11.9. The van der Waals surface area contributed by atoms with Crippen molar-refractivity contribution < 1.29 is 17.9 Å². The molecule has 26 heavy (non-hydrogen) atoms. The van der Waals surface area contributed by atoms with E-state index < -0.39 is 10.0 Å². The summed E-state index contributed by atoms with van der Waals surface area (Å²) < 4.78 is 32.4. The molecule has 138 valence electrons. The molecule has 3 N–H and O–H groups in total. The van der Waals surface area contributed by atoms with Crippen LogP contribution in [0.5, 0.6) is 0 Å². The number of pyridine rings is 1. The fourth-order valence-electron chi connectivity index (χ4n) is 2.77. The standard InChI is InChI=1S/C17H20N4O4S/c1-18-17(22)16-15-12(6-8-19-16)13-10-11(4-5-14(13)21-15)26(23,24)20-7-3-9-25-2/h4-6,8,10,20-21H,3,7,9H2,1-2H3,(H,18,22). The number of aromatic nitrogens is 2. The van der Waals surface area contributed by atoms with E-state index in [2.05, 4.69) is 20.0 Å². The zero-order valence-corrected chi connectivity index (χ0v) is 15.3. The molecule has 0 aliphatic rings. The molecule has 2 heterocycles. The van der Waals surface area contributed by atoms with Crippen molar-refractivity contribution in [3.63, 3.8) is 0 Å². The fraction of sp³-hybridized carbons (Fsp3) is 0.294. The predicted molar refractivity (Wildman–Crippen MR) is 98.7 cm³/mol. The highest BCUT2D eigenvalue weighted by Crippen LogP contribution is 2.28. The van der Waals surface area contributed by atoms with E-state index in [9.17, 15) is 13.2 Å². The minimum Gasteiger partial charge on any atom is -0.385 e. The van der Waals surface area contributed by atoms with Crippen molar-refractivity contribution in [3.05, 3.63) is 36.2 Å². The average Bonchev–Trinajstić information content (AvgIpc) is 3.02. The summed E-state index contributed by atoms with van der Waals surface area (Å²) in [6.07, 6.45) is 2.12. The van der Waals surface area contributed by atoms with Crippen LogP contribution in [-0.2, 0) is 14.8 Å². The summed E-state index contributed by atoms with van der Waals surface area (Å²) in [4.78, 5) is 19.4. The monoisotopic (exact) mass is 376 g/mol. The van der Waals surface area contributed by atoms with Crippen molar-refractivity contribution in [1.29, 1.82) is 0 Å². The first-order chi connectivity index (χ1) is 12.5. The molecular formula is C17H20N4O4S. The number of benzene rings is 1. The number of sulfonamides is 1. The molecule has 1 aromatic carbocycles. The number of nitrogens with one attached hydrogen (secondary N) is 3. The van der Waals surface area contributed by atoms with E-state index in [0.717, 1.165) is 10.9 Å². The van der Waals surface area contributed by atoms with Gasteiger partial charge in [0.2, 0.25) is 10.0 Å². The zero-order chi connectivity index (χ0) is 18.7. The summed E-state index contributed by atoms with van der Waals surface area (Å²) >= 11 is 0.